The molecule has 1 aliphatic heterocycles. The topological polar surface area (TPSA) is 74.5 Å². The Hall–Kier alpha value is -1.37. The van der Waals surface area contributed by atoms with Crippen molar-refractivity contribution in [2.75, 3.05) is 32.6 Å². The van der Waals surface area contributed by atoms with Crippen molar-refractivity contribution < 1.29 is 4.79 Å². The fourth-order valence-electron chi connectivity index (χ4n) is 2.40. The number of piperidine rings is 1. The van der Waals surface area contributed by atoms with E-state index in [0.29, 0.717) is 22.4 Å². The highest BCUT2D eigenvalue weighted by Crippen LogP contribution is 2.21. The molecule has 1 unspecified atom stereocenters. The summed E-state index contributed by atoms with van der Waals surface area (Å²) in [6.45, 7) is 1.51. The van der Waals surface area contributed by atoms with Crippen molar-refractivity contribution in [3.8, 4) is 0 Å². The van der Waals surface area contributed by atoms with E-state index in [1.165, 1.54) is 6.20 Å². The van der Waals surface area contributed by atoms with Crippen LogP contribution in [0.25, 0.3) is 0 Å². The zero-order valence-corrected chi connectivity index (χ0v) is 12.5. The van der Waals surface area contributed by atoms with E-state index < -0.39 is 0 Å². The van der Waals surface area contributed by atoms with Gasteiger partial charge in [0.15, 0.2) is 5.82 Å². The van der Waals surface area contributed by atoms with Gasteiger partial charge in [0.05, 0.1) is 10.6 Å². The van der Waals surface area contributed by atoms with Crippen LogP contribution in [-0.4, -0.2) is 53.9 Å². The average molecular weight is 298 g/mol. The number of nitrogens with zero attached hydrogens (tertiary/aromatic N) is 3. The van der Waals surface area contributed by atoms with E-state index in [1.54, 1.807) is 6.07 Å². The summed E-state index contributed by atoms with van der Waals surface area (Å²) in [5.74, 6) is 5.61. The van der Waals surface area contributed by atoms with Crippen LogP contribution in [-0.2, 0) is 0 Å². The molecule has 2 heterocycles. The van der Waals surface area contributed by atoms with Crippen molar-refractivity contribution in [3.63, 3.8) is 0 Å². The van der Waals surface area contributed by atoms with Crippen molar-refractivity contribution in [2.45, 2.75) is 18.9 Å². The Balaban J connectivity index is 2.12. The summed E-state index contributed by atoms with van der Waals surface area (Å²) in [5, 5.41) is 0.347. The number of anilines is 1. The van der Waals surface area contributed by atoms with Crippen molar-refractivity contribution in [1.29, 1.82) is 0 Å². The van der Waals surface area contributed by atoms with Gasteiger partial charge in [-0.25, -0.2) is 10.8 Å². The summed E-state index contributed by atoms with van der Waals surface area (Å²) >= 11 is 6.01. The Morgan fingerprint density at radius 2 is 2.35 bits per heavy atom. The first-order chi connectivity index (χ1) is 9.52. The zero-order valence-electron chi connectivity index (χ0n) is 11.8. The molecule has 1 aliphatic rings. The Bertz CT molecular complexity index is 494. The Morgan fingerprint density at radius 1 is 1.60 bits per heavy atom. The van der Waals surface area contributed by atoms with Gasteiger partial charge in [0.2, 0.25) is 0 Å². The Morgan fingerprint density at radius 3 is 2.95 bits per heavy atom. The molecule has 1 saturated heterocycles. The summed E-state index contributed by atoms with van der Waals surface area (Å²) in [6.07, 6.45) is 3.63. The molecule has 1 aromatic heterocycles. The van der Waals surface area contributed by atoms with E-state index in [2.05, 4.69) is 15.3 Å². The monoisotopic (exact) mass is 297 g/mol. The number of nitrogen functional groups attached to an aromatic ring is 1. The van der Waals surface area contributed by atoms with Gasteiger partial charge in [-0.2, -0.15) is 0 Å². The number of rotatable bonds is 3. The third-order valence-corrected chi connectivity index (χ3v) is 3.93. The second kappa shape index (κ2) is 6.39. The van der Waals surface area contributed by atoms with Gasteiger partial charge in [-0.05, 0) is 33.0 Å². The SMILES string of the molecule is CN(C)C1CCCN(C(=O)c2cnc(NN)c(Cl)c2)C1. The van der Waals surface area contributed by atoms with E-state index in [4.69, 9.17) is 17.4 Å². The fourth-order valence-corrected chi connectivity index (χ4v) is 2.63. The van der Waals surface area contributed by atoms with Crippen LogP contribution in [0.1, 0.15) is 23.2 Å². The predicted molar refractivity (Wildman–Crippen MR) is 79.7 cm³/mol. The molecule has 6 nitrogen and oxygen atoms in total. The van der Waals surface area contributed by atoms with Crippen molar-refractivity contribution in [3.05, 3.63) is 22.8 Å². The maximum Gasteiger partial charge on any atom is 0.255 e. The van der Waals surface area contributed by atoms with Crippen molar-refractivity contribution in [2.24, 2.45) is 5.84 Å². The Labute approximate surface area is 123 Å². The molecule has 2 rings (SSSR count). The van der Waals surface area contributed by atoms with Crippen LogP contribution in [0.5, 0.6) is 0 Å². The lowest BCUT2D eigenvalue weighted by molar-refractivity contribution is 0.0634. The van der Waals surface area contributed by atoms with E-state index in [-0.39, 0.29) is 5.91 Å². The van der Waals surface area contributed by atoms with E-state index in [0.717, 1.165) is 25.9 Å². The van der Waals surface area contributed by atoms with Gasteiger partial charge in [-0.15, -0.1) is 0 Å². The number of hydrogen-bond acceptors (Lipinski definition) is 5. The number of amides is 1. The zero-order chi connectivity index (χ0) is 14.7. The number of hydrazine groups is 1. The maximum atomic E-state index is 12.5. The summed E-state index contributed by atoms with van der Waals surface area (Å²) < 4.78 is 0. The summed E-state index contributed by atoms with van der Waals surface area (Å²) in [5.41, 5.74) is 2.88. The van der Waals surface area contributed by atoms with Crippen molar-refractivity contribution >= 4 is 23.3 Å². The number of likely N-dealkylation sites (tertiary alicyclic amines) is 1. The minimum absolute atomic E-state index is 0.0329. The second-order valence-corrected chi connectivity index (χ2v) is 5.62. The Kier molecular flexibility index (Phi) is 4.80. The van der Waals surface area contributed by atoms with E-state index in [1.807, 2.05) is 19.0 Å². The van der Waals surface area contributed by atoms with Gasteiger partial charge >= 0.3 is 0 Å². The second-order valence-electron chi connectivity index (χ2n) is 5.21. The number of carbonyl (C=O) groups is 1. The quantitative estimate of drug-likeness (QED) is 0.647. The van der Waals surface area contributed by atoms with E-state index >= 15 is 0 Å². The summed E-state index contributed by atoms with van der Waals surface area (Å²) in [6, 6.07) is 2.01. The first-order valence-corrected chi connectivity index (χ1v) is 6.98. The van der Waals surface area contributed by atoms with Crippen molar-refractivity contribution in [1.82, 2.24) is 14.8 Å². The molecule has 1 aromatic rings. The third-order valence-electron chi connectivity index (χ3n) is 3.64. The van der Waals surface area contributed by atoms with Crippen LogP contribution in [0.2, 0.25) is 5.02 Å². The van der Waals surface area contributed by atoms with Gasteiger partial charge in [0, 0.05) is 25.3 Å². The van der Waals surface area contributed by atoms with Crippen LogP contribution >= 0.6 is 11.6 Å². The smallest absolute Gasteiger partial charge is 0.255 e. The normalized spacial score (nSPS) is 19.2. The molecule has 1 amide bonds. The number of hydrogen-bond donors (Lipinski definition) is 2. The molecule has 1 fully saturated rings. The molecule has 0 spiro atoms. The average Bonchev–Trinajstić information content (AvgIpc) is 2.46. The van der Waals surface area contributed by atoms with Gasteiger partial charge < -0.3 is 15.2 Å². The van der Waals surface area contributed by atoms with Crippen LogP contribution < -0.4 is 11.3 Å². The summed E-state index contributed by atoms with van der Waals surface area (Å²) in [4.78, 5) is 20.5. The van der Waals surface area contributed by atoms with Gasteiger partial charge in [0.25, 0.3) is 5.91 Å². The number of carbonyl (C=O) groups excluding carboxylic acids is 1. The number of pyridine rings is 1. The maximum absolute atomic E-state index is 12.5. The lowest BCUT2D eigenvalue weighted by atomic mass is 10.0. The molecule has 110 valence electrons. The first-order valence-electron chi connectivity index (χ1n) is 6.60. The molecule has 20 heavy (non-hydrogen) atoms. The number of nitrogens with one attached hydrogen (secondary N) is 1. The molecule has 3 N–H and O–H groups in total. The summed E-state index contributed by atoms with van der Waals surface area (Å²) in [7, 11) is 4.08. The lowest BCUT2D eigenvalue weighted by Crippen LogP contribution is -2.47. The molecule has 0 aliphatic carbocycles. The highest BCUT2D eigenvalue weighted by Gasteiger charge is 2.26. The standard InChI is InChI=1S/C13H20ClN5O/c1-18(2)10-4-3-5-19(8-10)13(20)9-6-11(14)12(17-15)16-7-9/h6-7,10H,3-5,8,15H2,1-2H3,(H,16,17). The molecule has 1 atom stereocenters. The lowest BCUT2D eigenvalue weighted by Gasteiger charge is -2.36. The minimum atomic E-state index is -0.0329. The molecule has 0 bridgehead atoms. The molecular formula is C13H20ClN5O. The number of likely N-dealkylation sites (N-methyl/N-ethyl adjacent to an activating group) is 1. The van der Waals surface area contributed by atoms with Gasteiger partial charge in [0.1, 0.15) is 0 Å². The first kappa shape index (κ1) is 15.0. The van der Waals surface area contributed by atoms with Crippen LogP contribution in [0.4, 0.5) is 5.82 Å². The number of halogens is 1. The molecule has 7 heteroatoms. The van der Waals surface area contributed by atoms with Gasteiger partial charge in [-0.1, -0.05) is 11.6 Å². The van der Waals surface area contributed by atoms with Crippen LogP contribution in [0.3, 0.4) is 0 Å². The van der Waals surface area contributed by atoms with Crippen LogP contribution in [0.15, 0.2) is 12.3 Å². The van der Waals surface area contributed by atoms with Gasteiger partial charge in [-0.3, -0.25) is 4.79 Å². The minimum Gasteiger partial charge on any atom is -0.337 e. The third kappa shape index (κ3) is 3.20. The van der Waals surface area contributed by atoms with Crippen LogP contribution in [0, 0.1) is 0 Å². The highest BCUT2D eigenvalue weighted by molar-refractivity contribution is 6.33. The van der Waals surface area contributed by atoms with E-state index in [9.17, 15) is 4.79 Å². The molecule has 0 saturated carbocycles. The predicted octanol–water partition coefficient (Wildman–Crippen LogP) is 1.19. The molecule has 0 radical (unpaired) electrons. The highest BCUT2D eigenvalue weighted by atomic mass is 35.5. The number of nitrogens with two attached hydrogens (primary N) is 1. The molecule has 0 aromatic carbocycles. The largest absolute Gasteiger partial charge is 0.337 e. The molecular weight excluding hydrogens is 278 g/mol. The number of aromatic nitrogens is 1. The fraction of sp³-hybridized carbons (Fsp3) is 0.538.